The highest BCUT2D eigenvalue weighted by Gasteiger charge is 2.33. The standard InChI is InChI=1S/C24H15ClO4/c25-21-19(24(28)29-14-6-9-15-7-2-1-3-8-15)13-12-18-20(21)23(27)17-11-5-4-10-16(17)22(18)26/h1-13H,14H2/b9-6+. The molecule has 142 valence electrons. The summed E-state index contributed by atoms with van der Waals surface area (Å²) in [6.07, 6.45) is 3.55. The second-order valence-corrected chi connectivity index (χ2v) is 6.84. The predicted molar refractivity (Wildman–Crippen MR) is 111 cm³/mol. The van der Waals surface area contributed by atoms with Crippen molar-refractivity contribution >= 4 is 35.2 Å². The van der Waals surface area contributed by atoms with Crippen LogP contribution in [0.4, 0.5) is 0 Å². The maximum Gasteiger partial charge on any atom is 0.339 e. The number of carbonyl (C=O) groups excluding carboxylic acids is 3. The molecule has 29 heavy (non-hydrogen) atoms. The molecule has 0 heterocycles. The van der Waals surface area contributed by atoms with Crippen LogP contribution < -0.4 is 0 Å². The van der Waals surface area contributed by atoms with Crippen LogP contribution in [-0.4, -0.2) is 24.1 Å². The number of hydrogen-bond acceptors (Lipinski definition) is 4. The van der Waals surface area contributed by atoms with Crippen LogP contribution in [0.5, 0.6) is 0 Å². The van der Waals surface area contributed by atoms with Crippen molar-refractivity contribution in [2.45, 2.75) is 0 Å². The number of ketones is 2. The first-order valence-corrected chi connectivity index (χ1v) is 9.35. The van der Waals surface area contributed by atoms with Crippen LogP contribution in [0, 0.1) is 0 Å². The first-order valence-electron chi connectivity index (χ1n) is 8.97. The number of halogens is 1. The SMILES string of the molecule is O=C(OC/C=C/c1ccccc1)c1ccc2c(c1Cl)C(=O)c1ccccc1C2=O. The Labute approximate surface area is 172 Å². The van der Waals surface area contributed by atoms with Crippen molar-refractivity contribution in [3.63, 3.8) is 0 Å². The zero-order valence-corrected chi connectivity index (χ0v) is 16.0. The van der Waals surface area contributed by atoms with Gasteiger partial charge in [0, 0.05) is 16.7 Å². The van der Waals surface area contributed by atoms with Crippen LogP contribution in [0.3, 0.4) is 0 Å². The van der Waals surface area contributed by atoms with Crippen LogP contribution in [0.15, 0.2) is 72.8 Å². The molecule has 1 aliphatic rings. The second-order valence-electron chi connectivity index (χ2n) is 6.47. The lowest BCUT2D eigenvalue weighted by Gasteiger charge is -2.19. The molecule has 0 N–H and O–H groups in total. The first kappa shape index (κ1) is 18.8. The van der Waals surface area contributed by atoms with Gasteiger partial charge in [-0.25, -0.2) is 4.79 Å². The third-order valence-electron chi connectivity index (χ3n) is 4.67. The van der Waals surface area contributed by atoms with Gasteiger partial charge in [-0.3, -0.25) is 9.59 Å². The van der Waals surface area contributed by atoms with Gasteiger partial charge in [0.15, 0.2) is 11.6 Å². The lowest BCUT2D eigenvalue weighted by molar-refractivity contribution is 0.0550. The van der Waals surface area contributed by atoms with Gasteiger partial charge in [0.1, 0.15) is 6.61 Å². The van der Waals surface area contributed by atoms with E-state index < -0.39 is 5.97 Å². The second kappa shape index (κ2) is 7.86. The fourth-order valence-corrected chi connectivity index (χ4v) is 3.58. The van der Waals surface area contributed by atoms with E-state index >= 15 is 0 Å². The van der Waals surface area contributed by atoms with Gasteiger partial charge in [-0.05, 0) is 23.8 Å². The Balaban J connectivity index is 1.57. The molecule has 0 unspecified atom stereocenters. The molecular weight excluding hydrogens is 388 g/mol. The van der Waals surface area contributed by atoms with E-state index in [2.05, 4.69) is 0 Å². The Morgan fingerprint density at radius 2 is 1.48 bits per heavy atom. The van der Waals surface area contributed by atoms with Crippen LogP contribution in [0.25, 0.3) is 6.08 Å². The molecule has 0 amide bonds. The molecule has 0 fully saturated rings. The highest BCUT2D eigenvalue weighted by Crippen LogP contribution is 2.34. The van der Waals surface area contributed by atoms with Gasteiger partial charge in [0.25, 0.3) is 0 Å². The summed E-state index contributed by atoms with van der Waals surface area (Å²) in [5.74, 6) is -1.32. The van der Waals surface area contributed by atoms with Crippen molar-refractivity contribution in [2.24, 2.45) is 0 Å². The monoisotopic (exact) mass is 402 g/mol. The molecule has 4 nitrogen and oxygen atoms in total. The molecule has 0 radical (unpaired) electrons. The predicted octanol–water partition coefficient (Wildman–Crippen LogP) is 4.99. The number of esters is 1. The molecule has 0 saturated carbocycles. The number of benzene rings is 3. The van der Waals surface area contributed by atoms with Crippen molar-refractivity contribution < 1.29 is 19.1 Å². The molecular formula is C24H15ClO4. The van der Waals surface area contributed by atoms with E-state index in [9.17, 15) is 14.4 Å². The number of rotatable bonds is 4. The Hall–Kier alpha value is -3.50. The van der Waals surface area contributed by atoms with Crippen molar-refractivity contribution in [1.82, 2.24) is 0 Å². The van der Waals surface area contributed by atoms with E-state index in [0.29, 0.717) is 5.56 Å². The summed E-state index contributed by atoms with van der Waals surface area (Å²) in [4.78, 5) is 38.0. The van der Waals surface area contributed by atoms with Gasteiger partial charge in [-0.15, -0.1) is 0 Å². The Bertz CT molecular complexity index is 1160. The molecule has 0 atom stereocenters. The fourth-order valence-electron chi connectivity index (χ4n) is 3.25. The largest absolute Gasteiger partial charge is 0.458 e. The van der Waals surface area contributed by atoms with E-state index in [0.717, 1.165) is 5.56 Å². The van der Waals surface area contributed by atoms with Crippen molar-refractivity contribution in [3.8, 4) is 0 Å². The maximum atomic E-state index is 12.9. The minimum Gasteiger partial charge on any atom is -0.458 e. The Morgan fingerprint density at radius 1 is 0.828 bits per heavy atom. The third kappa shape index (κ3) is 3.50. The number of fused-ring (bicyclic) bond motifs is 2. The topological polar surface area (TPSA) is 60.4 Å². The number of hydrogen-bond donors (Lipinski definition) is 0. The molecule has 1 aliphatic carbocycles. The number of carbonyl (C=O) groups is 3. The lowest BCUT2D eigenvalue weighted by atomic mass is 9.83. The highest BCUT2D eigenvalue weighted by molar-refractivity contribution is 6.41. The lowest BCUT2D eigenvalue weighted by Crippen LogP contribution is -2.22. The van der Waals surface area contributed by atoms with Gasteiger partial charge in [0.2, 0.25) is 0 Å². The van der Waals surface area contributed by atoms with Crippen LogP contribution in [0.1, 0.15) is 47.8 Å². The minimum atomic E-state index is -0.658. The zero-order chi connectivity index (χ0) is 20.4. The van der Waals surface area contributed by atoms with Gasteiger partial charge in [0.05, 0.1) is 16.1 Å². The summed E-state index contributed by atoms with van der Waals surface area (Å²) >= 11 is 6.37. The molecule has 4 rings (SSSR count). The van der Waals surface area contributed by atoms with E-state index in [4.69, 9.17) is 16.3 Å². The highest BCUT2D eigenvalue weighted by atomic mass is 35.5. The molecule has 0 spiro atoms. The Morgan fingerprint density at radius 3 is 2.21 bits per heavy atom. The summed E-state index contributed by atoms with van der Waals surface area (Å²) in [6, 6.07) is 19.0. The van der Waals surface area contributed by atoms with Crippen LogP contribution in [0.2, 0.25) is 5.02 Å². The fraction of sp³-hybridized carbons (Fsp3) is 0.0417. The third-order valence-corrected chi connectivity index (χ3v) is 5.06. The Kier molecular flexibility index (Phi) is 5.10. The molecule has 3 aromatic rings. The maximum absolute atomic E-state index is 12.9. The van der Waals surface area contributed by atoms with E-state index in [-0.39, 0.29) is 45.4 Å². The molecule has 0 aliphatic heterocycles. The molecule has 5 heteroatoms. The average molecular weight is 403 g/mol. The summed E-state index contributed by atoms with van der Waals surface area (Å²) in [7, 11) is 0. The van der Waals surface area contributed by atoms with Gasteiger partial charge < -0.3 is 4.74 Å². The van der Waals surface area contributed by atoms with Gasteiger partial charge in [-0.1, -0.05) is 72.3 Å². The summed E-state index contributed by atoms with van der Waals surface area (Å²) in [5, 5.41) is -0.0626. The summed E-state index contributed by atoms with van der Waals surface area (Å²) in [6.45, 7) is 0.0524. The average Bonchev–Trinajstić information content (AvgIpc) is 2.75. The smallest absolute Gasteiger partial charge is 0.339 e. The van der Waals surface area contributed by atoms with Crippen molar-refractivity contribution in [2.75, 3.05) is 6.61 Å². The minimum absolute atomic E-state index is 0.0460. The molecule has 0 saturated heterocycles. The van der Waals surface area contributed by atoms with E-state index in [1.165, 1.54) is 12.1 Å². The molecule has 0 aromatic heterocycles. The van der Waals surface area contributed by atoms with Crippen LogP contribution >= 0.6 is 11.6 Å². The molecule has 0 bridgehead atoms. The van der Waals surface area contributed by atoms with Crippen molar-refractivity contribution in [1.29, 1.82) is 0 Å². The normalized spacial score (nSPS) is 12.6. The van der Waals surface area contributed by atoms with Gasteiger partial charge in [-0.2, -0.15) is 0 Å². The zero-order valence-electron chi connectivity index (χ0n) is 15.2. The van der Waals surface area contributed by atoms with Crippen LogP contribution in [-0.2, 0) is 4.74 Å². The van der Waals surface area contributed by atoms with Gasteiger partial charge >= 0.3 is 5.97 Å². The summed E-state index contributed by atoms with van der Waals surface area (Å²) in [5.41, 5.74) is 1.90. The number of ether oxygens (including phenoxy) is 1. The summed E-state index contributed by atoms with van der Waals surface area (Å²) < 4.78 is 5.25. The van der Waals surface area contributed by atoms with Crippen molar-refractivity contribution in [3.05, 3.63) is 111 Å². The van der Waals surface area contributed by atoms with E-state index in [1.807, 2.05) is 36.4 Å². The molecule has 3 aromatic carbocycles. The van der Waals surface area contributed by atoms with E-state index in [1.54, 1.807) is 30.3 Å². The quantitative estimate of drug-likeness (QED) is 0.451. The first-order chi connectivity index (χ1) is 14.1.